The van der Waals surface area contributed by atoms with E-state index in [1.807, 2.05) is 19.9 Å². The van der Waals surface area contributed by atoms with E-state index in [2.05, 4.69) is 52.5 Å². The second-order valence-electron chi connectivity index (χ2n) is 22.0. The lowest BCUT2D eigenvalue weighted by Gasteiger charge is -2.30. The van der Waals surface area contributed by atoms with Crippen LogP contribution in [0, 0.1) is 23.7 Å². The van der Waals surface area contributed by atoms with Gasteiger partial charge in [0.25, 0.3) is 0 Å². The maximum atomic E-state index is 14.7. The molecular formula is C57H87N13O12. The molecule has 0 aliphatic carbocycles. The van der Waals surface area contributed by atoms with Crippen molar-refractivity contribution < 1.29 is 58.2 Å². The highest BCUT2D eigenvalue weighted by Gasteiger charge is 2.37. The van der Waals surface area contributed by atoms with E-state index < -0.39 is 138 Å². The van der Waals surface area contributed by atoms with Crippen LogP contribution in [0.15, 0.2) is 65.8 Å². The zero-order valence-corrected chi connectivity index (χ0v) is 48.5. The van der Waals surface area contributed by atoms with Crippen molar-refractivity contribution in [3.63, 3.8) is 0 Å². The molecule has 3 aromatic rings. The molecule has 25 nitrogen and oxygen atoms in total. The molecule has 82 heavy (non-hydrogen) atoms. The van der Waals surface area contributed by atoms with Crippen molar-refractivity contribution >= 4 is 76.1 Å². The first-order valence-electron chi connectivity index (χ1n) is 27.9. The third kappa shape index (κ3) is 22.8. The number of aliphatic imine (C=N–C) groups is 1. The molecular weight excluding hydrogens is 1060 g/mol. The van der Waals surface area contributed by atoms with Crippen LogP contribution in [0.3, 0.4) is 0 Å². The number of rotatable bonds is 35. The molecule has 3 rings (SSSR count). The van der Waals surface area contributed by atoms with Gasteiger partial charge in [0.05, 0.1) is 6.04 Å². The van der Waals surface area contributed by atoms with Crippen molar-refractivity contribution in [3.8, 4) is 0 Å². The Labute approximate surface area is 479 Å². The monoisotopic (exact) mass is 1150 g/mol. The fourth-order valence-electron chi connectivity index (χ4n) is 8.88. The number of nitrogens with one attached hydrogen (secondary N) is 9. The molecule has 0 spiro atoms. The van der Waals surface area contributed by atoms with Crippen LogP contribution in [0.25, 0.3) is 10.9 Å². The summed E-state index contributed by atoms with van der Waals surface area (Å²) in [5, 5.41) is 41.8. The number of amides is 8. The van der Waals surface area contributed by atoms with Crippen molar-refractivity contribution in [1.29, 1.82) is 0 Å². The number of carbonyl (C=O) groups is 10. The quantitative estimate of drug-likeness (QED) is 0.0222. The zero-order chi connectivity index (χ0) is 61.4. The van der Waals surface area contributed by atoms with E-state index in [-0.39, 0.29) is 62.9 Å². The highest BCUT2D eigenvalue weighted by Crippen LogP contribution is 2.20. The van der Waals surface area contributed by atoms with Gasteiger partial charge in [0.2, 0.25) is 47.3 Å². The van der Waals surface area contributed by atoms with Crippen molar-refractivity contribution in [2.24, 2.45) is 45.9 Å². The van der Waals surface area contributed by atoms with Crippen LogP contribution in [-0.4, -0.2) is 141 Å². The molecule has 0 radical (unpaired) electrons. The average molecular weight is 1150 g/mol. The van der Waals surface area contributed by atoms with Gasteiger partial charge in [-0.25, -0.2) is 4.79 Å². The number of aliphatic carboxylic acids is 2. The number of para-hydroxylation sites is 1. The maximum absolute atomic E-state index is 14.7. The Hall–Kier alpha value is -8.09. The number of carboxylic acids is 2. The first kappa shape index (κ1) is 68.2. The molecule has 0 aliphatic rings. The lowest BCUT2D eigenvalue weighted by atomic mass is 9.96. The molecule has 0 fully saturated rings. The summed E-state index contributed by atoms with van der Waals surface area (Å²) in [7, 11) is 0. The molecule has 0 aliphatic heterocycles. The van der Waals surface area contributed by atoms with Gasteiger partial charge < -0.3 is 74.9 Å². The summed E-state index contributed by atoms with van der Waals surface area (Å²) < 4.78 is 0. The number of fused-ring (bicyclic) bond motifs is 1. The number of carbonyl (C=O) groups excluding carboxylic acids is 8. The van der Waals surface area contributed by atoms with Gasteiger partial charge in [-0.15, -0.1) is 0 Å². The molecule has 2 aromatic carbocycles. The van der Waals surface area contributed by atoms with E-state index >= 15 is 0 Å². The zero-order valence-electron chi connectivity index (χ0n) is 48.5. The van der Waals surface area contributed by atoms with E-state index in [1.165, 1.54) is 6.92 Å². The van der Waals surface area contributed by atoms with Crippen LogP contribution in [0.4, 0.5) is 0 Å². The summed E-state index contributed by atoms with van der Waals surface area (Å²) in [6.45, 7) is 15.5. The molecule has 0 saturated carbocycles. The summed E-state index contributed by atoms with van der Waals surface area (Å²) in [6.07, 6.45) is 0.985. The molecule has 25 heteroatoms. The van der Waals surface area contributed by atoms with E-state index in [0.29, 0.717) is 17.5 Å². The van der Waals surface area contributed by atoms with Crippen molar-refractivity contribution in [2.45, 2.75) is 174 Å². The van der Waals surface area contributed by atoms with Crippen LogP contribution >= 0.6 is 0 Å². The number of aromatic nitrogens is 1. The van der Waals surface area contributed by atoms with E-state index in [1.54, 1.807) is 96.3 Å². The van der Waals surface area contributed by atoms with E-state index in [4.69, 9.17) is 17.2 Å². The van der Waals surface area contributed by atoms with Crippen molar-refractivity contribution in [3.05, 3.63) is 71.9 Å². The molecule has 17 N–H and O–H groups in total. The van der Waals surface area contributed by atoms with Crippen LogP contribution in [0.2, 0.25) is 0 Å². The summed E-state index contributed by atoms with van der Waals surface area (Å²) in [5.74, 6) is -10.6. The second-order valence-corrected chi connectivity index (χ2v) is 22.0. The number of hydrogen-bond acceptors (Lipinski definition) is 12. The molecule has 10 atom stereocenters. The number of nitrogens with two attached hydrogens (primary N) is 3. The number of guanidine groups is 1. The Bertz CT molecular complexity index is 2670. The summed E-state index contributed by atoms with van der Waals surface area (Å²) in [5.41, 5.74) is 18.7. The molecule has 8 amide bonds. The SMILES string of the molecule is CC[C@H](C)[C@H](NC(=O)[C@H](Cc1ccccc1)NC(=O)[C@H](CC(C)C)NC(=O)[C@H](CCCN=C(N)N)NC(=O)[C@@H](NC(=O)[C@H](C)N)C(C)C)C(=O)N[C@@H](CCC(=O)O)C(=O)N[C@@H](Cc1c[nH]c2ccccc12)C(=O)N[C@@H](CC(C)C)C(=O)O. The van der Waals surface area contributed by atoms with E-state index in [0.717, 1.165) is 10.9 Å². The van der Waals surface area contributed by atoms with Gasteiger partial charge in [-0.1, -0.05) is 110 Å². The fourth-order valence-corrected chi connectivity index (χ4v) is 8.88. The Kier molecular flexibility index (Phi) is 27.9. The lowest BCUT2D eigenvalue weighted by molar-refractivity contribution is -0.142. The van der Waals surface area contributed by atoms with Gasteiger partial charge in [0, 0.05) is 42.9 Å². The summed E-state index contributed by atoms with van der Waals surface area (Å²) in [6, 6.07) is 4.15. The largest absolute Gasteiger partial charge is 0.481 e. The predicted octanol–water partition coefficient (Wildman–Crippen LogP) is 0.976. The van der Waals surface area contributed by atoms with Crippen molar-refractivity contribution in [2.75, 3.05) is 6.54 Å². The molecule has 0 saturated heterocycles. The predicted molar refractivity (Wildman–Crippen MR) is 309 cm³/mol. The van der Waals surface area contributed by atoms with Gasteiger partial charge in [-0.3, -0.25) is 48.1 Å². The normalized spacial score (nSPS) is 15.0. The molecule has 0 unspecified atom stereocenters. The minimum Gasteiger partial charge on any atom is -0.481 e. The topological polar surface area (TPSA) is 414 Å². The average Bonchev–Trinajstić information content (AvgIpc) is 3.97. The first-order chi connectivity index (χ1) is 38.6. The van der Waals surface area contributed by atoms with Gasteiger partial charge in [0.15, 0.2) is 5.96 Å². The number of aromatic amines is 1. The molecule has 1 aromatic heterocycles. The number of carboxylic acid groups (broad SMARTS) is 2. The van der Waals surface area contributed by atoms with E-state index in [9.17, 15) is 58.2 Å². The van der Waals surface area contributed by atoms with Crippen LogP contribution in [0.1, 0.15) is 118 Å². The van der Waals surface area contributed by atoms with Crippen LogP contribution in [-0.2, 0) is 60.8 Å². The highest BCUT2D eigenvalue weighted by molar-refractivity contribution is 5.98. The highest BCUT2D eigenvalue weighted by atomic mass is 16.4. The Balaban J connectivity index is 2.00. The van der Waals surface area contributed by atoms with Gasteiger partial charge in [-0.05, 0) is 79.9 Å². The smallest absolute Gasteiger partial charge is 0.326 e. The maximum Gasteiger partial charge on any atom is 0.326 e. The minimum atomic E-state index is -1.60. The third-order valence-corrected chi connectivity index (χ3v) is 13.6. The Morgan fingerprint density at radius 3 is 1.57 bits per heavy atom. The van der Waals surface area contributed by atoms with Crippen molar-refractivity contribution in [1.82, 2.24) is 47.5 Å². The Morgan fingerprint density at radius 2 is 1.02 bits per heavy atom. The first-order valence-corrected chi connectivity index (χ1v) is 27.9. The number of benzene rings is 2. The third-order valence-electron chi connectivity index (χ3n) is 13.6. The standard InChI is InChI=1S/C57H87N13O12/c1-10-33(8)47(55(80)64-40(22-23-45(71)72)50(75)67-43(52(77)68-44(56(81)82)26-31(4)5)28-36-29-62-38-20-15-14-19-37(36)38)70-53(78)42(27-35-17-12-11-13-18-35)66-51(76)41(25-30(2)3)65-49(74)39(21-16-24-61-57(59)60)63-54(79)46(32(6)7)69-48(73)34(9)58/h11-15,17-20,29-34,39-44,46-47,62H,10,16,21-28,58H2,1-9H3,(H,63,79)(H,64,80)(H,65,74)(H,66,76)(H,67,75)(H,68,77)(H,69,73)(H,70,78)(H,71,72)(H,81,82)(H4,59,60,61)/t33-,34-,39-,40-,41-,42-,43-,44-,46-,47-/m0/s1. The minimum absolute atomic E-state index is 0.0000701. The number of H-pyrrole nitrogens is 1. The van der Waals surface area contributed by atoms with Gasteiger partial charge in [0.1, 0.15) is 48.3 Å². The van der Waals surface area contributed by atoms with Crippen LogP contribution < -0.4 is 59.7 Å². The number of nitrogens with zero attached hydrogens (tertiary/aromatic N) is 1. The summed E-state index contributed by atoms with van der Waals surface area (Å²) >= 11 is 0. The lowest BCUT2D eigenvalue weighted by Crippen LogP contribution is -2.61. The second kappa shape index (κ2) is 33.6. The van der Waals surface area contributed by atoms with Gasteiger partial charge in [-0.2, -0.15) is 0 Å². The molecule has 0 bridgehead atoms. The summed E-state index contributed by atoms with van der Waals surface area (Å²) in [4.78, 5) is 144. The number of hydrogen-bond donors (Lipinski definition) is 14. The van der Waals surface area contributed by atoms with Crippen LogP contribution in [0.5, 0.6) is 0 Å². The fraction of sp³-hybridized carbons (Fsp3) is 0.561. The molecule has 1 heterocycles. The molecule has 452 valence electrons. The Morgan fingerprint density at radius 1 is 0.549 bits per heavy atom. The van der Waals surface area contributed by atoms with Gasteiger partial charge >= 0.3 is 11.9 Å².